The fourth-order valence-electron chi connectivity index (χ4n) is 9.70. The van der Waals surface area contributed by atoms with Crippen molar-refractivity contribution in [3.05, 3.63) is 180 Å². The first-order valence-electron chi connectivity index (χ1n) is 20.5. The van der Waals surface area contributed by atoms with E-state index in [0.717, 1.165) is 59.7 Å². The predicted molar refractivity (Wildman–Crippen MR) is 234 cm³/mol. The molecule has 6 nitrogen and oxygen atoms in total. The van der Waals surface area contributed by atoms with Crippen molar-refractivity contribution in [2.75, 3.05) is 9.80 Å². The van der Waals surface area contributed by atoms with E-state index in [2.05, 4.69) is 153 Å². The standard InChI is InChI=1S/C52H47N4O2.Pt/c1-33(2)40-18-12-19-41(34(3)4)50(40)38-26-47(56-32-55(39-16-6-5-7-17-39)44-21-10-11-22-45(44)56)54-49(27-38)58-48-23-13-20-43(53-48)51-42-31-52(30-37(42)24-25-46(51)57)28-35-14-8-9-15-36(35)29-52;/h5-27,32-34,57H,28-31H2,1-4H3;/q-1;. The second kappa shape index (κ2) is 15.5. The molecule has 0 atom stereocenters. The Balaban J connectivity index is 0.00000449. The Labute approximate surface area is 361 Å². The molecule has 7 heteroatoms. The number of para-hydroxylation sites is 3. The predicted octanol–water partition coefficient (Wildman–Crippen LogP) is 12.8. The first-order chi connectivity index (χ1) is 28.2. The maximum absolute atomic E-state index is 11.5. The molecule has 1 N–H and O–H groups in total. The first kappa shape index (κ1) is 38.8. The van der Waals surface area contributed by atoms with Crippen LogP contribution in [0.15, 0.2) is 140 Å². The van der Waals surface area contributed by atoms with E-state index >= 15 is 0 Å². The zero-order chi connectivity index (χ0) is 39.5. The molecule has 0 fully saturated rings. The molecule has 0 saturated carbocycles. The van der Waals surface area contributed by atoms with Gasteiger partial charge in [0.05, 0.1) is 5.69 Å². The SMILES string of the molecule is CC(C)c1cccc(C(C)C)c1-c1cc(Oc2cccc(-c3c(O)ccc4c3CC3(Cc5ccccc5C3)C4)n2)nc(N2[CH-]N(c3ccccc3)c3ccccc32)c1.[Pt]. The minimum atomic E-state index is 0. The second-order valence-corrected chi connectivity index (χ2v) is 16.9. The van der Waals surface area contributed by atoms with Gasteiger partial charge in [0.2, 0.25) is 11.8 Å². The average Bonchev–Trinajstić information content (AvgIpc) is 3.92. The van der Waals surface area contributed by atoms with Gasteiger partial charge in [-0.15, -0.1) is 6.67 Å². The maximum Gasteiger partial charge on any atom is 0.223 e. The number of aromatic hydroxyl groups is 1. The summed E-state index contributed by atoms with van der Waals surface area (Å²) in [5.41, 5.74) is 15.0. The Bertz CT molecular complexity index is 2640. The summed E-state index contributed by atoms with van der Waals surface area (Å²) < 4.78 is 6.74. The van der Waals surface area contributed by atoms with Gasteiger partial charge < -0.3 is 19.6 Å². The molecule has 0 radical (unpaired) electrons. The molecular formula is C52H47N4O2Pt-. The van der Waals surface area contributed by atoms with Gasteiger partial charge in [-0.1, -0.05) is 113 Å². The Morgan fingerprint density at radius 1 is 0.593 bits per heavy atom. The summed E-state index contributed by atoms with van der Waals surface area (Å²) in [5, 5.41) is 11.5. The van der Waals surface area contributed by atoms with E-state index in [0.29, 0.717) is 29.3 Å². The average molecular weight is 955 g/mol. The number of ether oxygens (including phenoxy) is 1. The number of hydrogen-bond acceptors (Lipinski definition) is 6. The number of fused-ring (bicyclic) bond motifs is 3. The molecule has 0 saturated heterocycles. The zero-order valence-corrected chi connectivity index (χ0v) is 36.1. The van der Waals surface area contributed by atoms with Crippen LogP contribution in [0.3, 0.4) is 0 Å². The summed E-state index contributed by atoms with van der Waals surface area (Å²) in [5.74, 6) is 2.46. The van der Waals surface area contributed by atoms with Crippen molar-refractivity contribution in [3.8, 4) is 39.9 Å². The molecule has 10 rings (SSSR count). The molecule has 1 aliphatic heterocycles. The van der Waals surface area contributed by atoms with E-state index in [1.165, 1.54) is 38.9 Å². The van der Waals surface area contributed by atoms with E-state index in [4.69, 9.17) is 14.7 Å². The summed E-state index contributed by atoms with van der Waals surface area (Å²) in [4.78, 5) is 14.7. The molecule has 7 aromatic rings. The van der Waals surface area contributed by atoms with Crippen LogP contribution < -0.4 is 14.5 Å². The van der Waals surface area contributed by atoms with Crippen LogP contribution in [0.5, 0.6) is 17.5 Å². The third kappa shape index (κ3) is 7.02. The largest absolute Gasteiger partial charge is 0.507 e. The van der Waals surface area contributed by atoms with E-state index in [9.17, 15) is 5.11 Å². The fourth-order valence-corrected chi connectivity index (χ4v) is 9.70. The van der Waals surface area contributed by atoms with Gasteiger partial charge in [0.15, 0.2) is 0 Å². The Kier molecular flexibility index (Phi) is 10.2. The second-order valence-electron chi connectivity index (χ2n) is 16.9. The van der Waals surface area contributed by atoms with Crippen molar-refractivity contribution < 1.29 is 30.9 Å². The Hall–Kier alpha value is -5.71. The van der Waals surface area contributed by atoms with E-state index < -0.39 is 0 Å². The molecular weight excluding hydrogens is 908 g/mol. The minimum absolute atomic E-state index is 0. The van der Waals surface area contributed by atoms with E-state index in [1.807, 2.05) is 30.3 Å². The normalized spacial score (nSPS) is 14.7. The van der Waals surface area contributed by atoms with Gasteiger partial charge >= 0.3 is 0 Å². The van der Waals surface area contributed by atoms with Crippen LogP contribution in [0.1, 0.15) is 72.9 Å². The molecule has 5 aromatic carbocycles. The van der Waals surface area contributed by atoms with Gasteiger partial charge in [0.25, 0.3) is 0 Å². The van der Waals surface area contributed by atoms with E-state index in [1.54, 1.807) is 0 Å². The van der Waals surface area contributed by atoms with Gasteiger partial charge in [0, 0.05) is 55.8 Å². The van der Waals surface area contributed by atoms with Crippen LogP contribution in [-0.2, 0) is 46.7 Å². The Morgan fingerprint density at radius 3 is 1.92 bits per heavy atom. The smallest absolute Gasteiger partial charge is 0.223 e. The molecule has 2 aromatic heterocycles. The number of nitrogens with zero attached hydrogens (tertiary/aromatic N) is 4. The summed E-state index contributed by atoms with van der Waals surface area (Å²) in [6.45, 7) is 11.1. The van der Waals surface area contributed by atoms with Crippen LogP contribution in [0, 0.1) is 12.1 Å². The molecule has 0 bridgehead atoms. The molecule has 0 unspecified atom stereocenters. The number of benzene rings is 5. The quantitative estimate of drug-likeness (QED) is 0.153. The van der Waals surface area contributed by atoms with Crippen molar-refractivity contribution in [2.24, 2.45) is 5.41 Å². The third-order valence-electron chi connectivity index (χ3n) is 12.3. The minimum Gasteiger partial charge on any atom is -0.507 e. The molecule has 0 amide bonds. The van der Waals surface area contributed by atoms with Crippen molar-refractivity contribution in [2.45, 2.75) is 65.2 Å². The molecule has 3 aliphatic rings. The van der Waals surface area contributed by atoms with Gasteiger partial charge in [-0.25, -0.2) is 4.98 Å². The van der Waals surface area contributed by atoms with Gasteiger partial charge in [0.1, 0.15) is 11.6 Å². The van der Waals surface area contributed by atoms with Gasteiger partial charge in [-0.05, 0) is 130 Å². The van der Waals surface area contributed by atoms with Crippen LogP contribution in [0.2, 0.25) is 0 Å². The number of pyridine rings is 2. The van der Waals surface area contributed by atoms with Gasteiger partial charge in [-0.3, -0.25) is 0 Å². The number of anilines is 4. The number of phenols is 1. The van der Waals surface area contributed by atoms with Crippen molar-refractivity contribution in [3.63, 3.8) is 0 Å². The molecule has 59 heavy (non-hydrogen) atoms. The molecule has 298 valence electrons. The van der Waals surface area contributed by atoms with Crippen LogP contribution >= 0.6 is 0 Å². The summed E-state index contributed by atoms with van der Waals surface area (Å²) in [6, 6.07) is 48.3. The van der Waals surface area contributed by atoms with Crippen LogP contribution in [-0.4, -0.2) is 15.1 Å². The summed E-state index contributed by atoms with van der Waals surface area (Å²) in [7, 11) is 0. The first-order valence-corrected chi connectivity index (χ1v) is 20.5. The van der Waals surface area contributed by atoms with Crippen molar-refractivity contribution in [1.82, 2.24) is 9.97 Å². The number of hydrogen-bond donors (Lipinski definition) is 1. The van der Waals surface area contributed by atoms with Crippen molar-refractivity contribution >= 4 is 22.9 Å². The van der Waals surface area contributed by atoms with E-state index in [-0.39, 0.29) is 32.2 Å². The molecule has 2 aliphatic carbocycles. The number of rotatable bonds is 8. The fraction of sp³-hybridized carbons (Fsp3) is 0.212. The molecule has 1 spiro atoms. The summed E-state index contributed by atoms with van der Waals surface area (Å²) >= 11 is 0. The van der Waals surface area contributed by atoms with Crippen LogP contribution in [0.4, 0.5) is 22.9 Å². The number of aromatic nitrogens is 2. The molecule has 3 heterocycles. The topological polar surface area (TPSA) is 61.7 Å². The third-order valence-corrected chi connectivity index (χ3v) is 12.3. The monoisotopic (exact) mass is 954 g/mol. The van der Waals surface area contributed by atoms with Crippen molar-refractivity contribution in [1.29, 1.82) is 0 Å². The number of phenolic OH excluding ortho intramolecular Hbond substituents is 1. The zero-order valence-electron chi connectivity index (χ0n) is 33.8. The van der Waals surface area contributed by atoms with Crippen LogP contribution in [0.25, 0.3) is 22.4 Å². The Morgan fingerprint density at radius 2 is 1.22 bits per heavy atom. The maximum atomic E-state index is 11.5. The summed E-state index contributed by atoms with van der Waals surface area (Å²) in [6.07, 6.45) is 4.01. The van der Waals surface area contributed by atoms with Gasteiger partial charge in [-0.2, -0.15) is 4.98 Å².